The molecule has 2 aromatic carbocycles. The lowest BCUT2D eigenvalue weighted by Crippen LogP contribution is -1.99. The van der Waals surface area contributed by atoms with E-state index < -0.39 is 0 Å². The quantitative estimate of drug-likeness (QED) is 0.836. The molecule has 0 radical (unpaired) electrons. The van der Waals surface area contributed by atoms with E-state index in [0.717, 1.165) is 21.5 Å². The number of hydrogen-bond acceptors (Lipinski definition) is 2. The topological polar surface area (TPSA) is 18.5 Å². The molecule has 18 heavy (non-hydrogen) atoms. The van der Waals surface area contributed by atoms with Gasteiger partial charge in [0.25, 0.3) is 0 Å². The van der Waals surface area contributed by atoms with Crippen LogP contribution in [0.15, 0.2) is 46.9 Å². The molecule has 0 aliphatic heterocycles. The average molecular weight is 307 g/mol. The Balaban J connectivity index is 2.12. The number of aryl methyl sites for hydroxylation is 1. The van der Waals surface area contributed by atoms with Gasteiger partial charge in [0.1, 0.15) is 18.1 Å². The Bertz CT molecular complexity index is 538. The van der Waals surface area contributed by atoms with E-state index >= 15 is 0 Å². The Morgan fingerprint density at radius 1 is 1.11 bits per heavy atom. The minimum Gasteiger partial charge on any atom is -0.496 e. The van der Waals surface area contributed by atoms with Gasteiger partial charge in [-0.3, -0.25) is 0 Å². The molecule has 2 aromatic rings. The third-order valence-electron chi connectivity index (χ3n) is 2.63. The van der Waals surface area contributed by atoms with Gasteiger partial charge >= 0.3 is 0 Å². The summed E-state index contributed by atoms with van der Waals surface area (Å²) in [5, 5.41) is 0. The van der Waals surface area contributed by atoms with Gasteiger partial charge in [-0.05, 0) is 37.3 Å². The average Bonchev–Trinajstić information content (AvgIpc) is 2.37. The zero-order valence-electron chi connectivity index (χ0n) is 10.4. The normalized spacial score (nSPS) is 10.2. The molecular formula is C15H15BrO2. The number of halogens is 1. The molecule has 2 nitrogen and oxygen atoms in total. The van der Waals surface area contributed by atoms with Crippen LogP contribution >= 0.6 is 15.9 Å². The van der Waals surface area contributed by atoms with Gasteiger partial charge in [-0.25, -0.2) is 0 Å². The van der Waals surface area contributed by atoms with Crippen molar-refractivity contribution in [2.24, 2.45) is 0 Å². The van der Waals surface area contributed by atoms with Gasteiger partial charge in [-0.2, -0.15) is 0 Å². The van der Waals surface area contributed by atoms with E-state index in [9.17, 15) is 0 Å². The zero-order valence-corrected chi connectivity index (χ0v) is 12.0. The van der Waals surface area contributed by atoms with Crippen LogP contribution in [-0.2, 0) is 6.61 Å². The molecule has 0 spiro atoms. The first kappa shape index (κ1) is 13.0. The minimum atomic E-state index is 0.501. The fourth-order valence-electron chi connectivity index (χ4n) is 1.74. The van der Waals surface area contributed by atoms with Gasteiger partial charge in [0.2, 0.25) is 0 Å². The van der Waals surface area contributed by atoms with Crippen molar-refractivity contribution in [2.45, 2.75) is 13.5 Å². The molecule has 0 amide bonds. The summed E-state index contributed by atoms with van der Waals surface area (Å²) in [5.74, 6) is 1.70. The van der Waals surface area contributed by atoms with Crippen LogP contribution in [0.4, 0.5) is 0 Å². The van der Waals surface area contributed by atoms with Gasteiger partial charge in [0.05, 0.1) is 7.11 Å². The van der Waals surface area contributed by atoms with Crippen molar-refractivity contribution in [3.8, 4) is 11.5 Å². The Kier molecular flexibility index (Phi) is 4.26. The summed E-state index contributed by atoms with van der Waals surface area (Å²) in [6.07, 6.45) is 0. The fraction of sp³-hybridized carbons (Fsp3) is 0.200. The van der Waals surface area contributed by atoms with Crippen LogP contribution in [0.5, 0.6) is 11.5 Å². The van der Waals surface area contributed by atoms with Crippen molar-refractivity contribution < 1.29 is 9.47 Å². The molecule has 0 aliphatic carbocycles. The highest BCUT2D eigenvalue weighted by atomic mass is 79.9. The number of rotatable bonds is 4. The summed E-state index contributed by atoms with van der Waals surface area (Å²) in [4.78, 5) is 0. The highest BCUT2D eigenvalue weighted by Gasteiger charge is 2.04. The molecular weight excluding hydrogens is 292 g/mol. The van der Waals surface area contributed by atoms with Gasteiger partial charge in [0, 0.05) is 10.0 Å². The lowest BCUT2D eigenvalue weighted by Gasteiger charge is -2.11. The maximum Gasteiger partial charge on any atom is 0.125 e. The summed E-state index contributed by atoms with van der Waals surface area (Å²) in [6.45, 7) is 2.56. The largest absolute Gasteiger partial charge is 0.496 e. The Morgan fingerprint density at radius 2 is 1.94 bits per heavy atom. The van der Waals surface area contributed by atoms with Crippen molar-refractivity contribution >= 4 is 15.9 Å². The number of ether oxygens (including phenoxy) is 2. The highest BCUT2D eigenvalue weighted by molar-refractivity contribution is 9.10. The molecule has 0 unspecified atom stereocenters. The van der Waals surface area contributed by atoms with Crippen molar-refractivity contribution in [2.75, 3.05) is 7.11 Å². The second kappa shape index (κ2) is 5.91. The molecule has 0 heterocycles. The van der Waals surface area contributed by atoms with E-state index in [-0.39, 0.29) is 0 Å². The van der Waals surface area contributed by atoms with E-state index in [1.54, 1.807) is 7.11 Å². The maximum absolute atomic E-state index is 5.76. The minimum absolute atomic E-state index is 0.501. The van der Waals surface area contributed by atoms with Crippen molar-refractivity contribution in [1.29, 1.82) is 0 Å². The van der Waals surface area contributed by atoms with Gasteiger partial charge in [0.15, 0.2) is 0 Å². The lowest BCUT2D eigenvalue weighted by atomic mass is 10.1. The van der Waals surface area contributed by atoms with Gasteiger partial charge < -0.3 is 9.47 Å². The van der Waals surface area contributed by atoms with E-state index in [0.29, 0.717) is 6.61 Å². The Hall–Kier alpha value is -1.48. The zero-order chi connectivity index (χ0) is 13.0. The van der Waals surface area contributed by atoms with Crippen LogP contribution in [0.1, 0.15) is 11.1 Å². The van der Waals surface area contributed by atoms with Crippen molar-refractivity contribution in [3.63, 3.8) is 0 Å². The van der Waals surface area contributed by atoms with E-state index in [4.69, 9.17) is 9.47 Å². The monoisotopic (exact) mass is 306 g/mol. The smallest absolute Gasteiger partial charge is 0.125 e. The highest BCUT2D eigenvalue weighted by Crippen LogP contribution is 2.23. The number of hydrogen-bond donors (Lipinski definition) is 0. The second-order valence-electron chi connectivity index (χ2n) is 4.06. The Labute approximate surface area is 116 Å². The van der Waals surface area contributed by atoms with Crippen LogP contribution in [0, 0.1) is 6.92 Å². The first-order chi connectivity index (χ1) is 8.69. The predicted molar refractivity (Wildman–Crippen MR) is 76.2 cm³/mol. The van der Waals surface area contributed by atoms with E-state index in [2.05, 4.69) is 28.9 Å². The second-order valence-corrected chi connectivity index (χ2v) is 4.98. The first-order valence-corrected chi connectivity index (χ1v) is 6.50. The first-order valence-electron chi connectivity index (χ1n) is 5.71. The van der Waals surface area contributed by atoms with E-state index in [1.165, 1.54) is 5.56 Å². The van der Waals surface area contributed by atoms with Crippen molar-refractivity contribution in [1.82, 2.24) is 0 Å². The molecule has 0 N–H and O–H groups in total. The standard InChI is InChI=1S/C15H15BrO2/c1-11-6-7-15(17-2)12(8-11)10-18-14-5-3-4-13(16)9-14/h3-9H,10H2,1-2H3. The predicted octanol–water partition coefficient (Wildman–Crippen LogP) is 4.35. The SMILES string of the molecule is COc1ccc(C)cc1COc1cccc(Br)c1. The molecule has 0 fully saturated rings. The molecule has 0 atom stereocenters. The molecule has 0 aromatic heterocycles. The van der Waals surface area contributed by atoms with Crippen LogP contribution in [-0.4, -0.2) is 7.11 Å². The van der Waals surface area contributed by atoms with E-state index in [1.807, 2.05) is 36.4 Å². The molecule has 3 heteroatoms. The molecule has 0 saturated carbocycles. The van der Waals surface area contributed by atoms with Gasteiger partial charge in [-0.1, -0.05) is 33.6 Å². The third kappa shape index (κ3) is 3.26. The summed E-state index contributed by atoms with van der Waals surface area (Å²) in [7, 11) is 1.67. The maximum atomic E-state index is 5.76. The van der Waals surface area contributed by atoms with Crippen molar-refractivity contribution in [3.05, 3.63) is 58.1 Å². The molecule has 0 aliphatic rings. The molecule has 2 rings (SSSR count). The summed E-state index contributed by atoms with van der Waals surface area (Å²) in [6, 6.07) is 13.9. The summed E-state index contributed by atoms with van der Waals surface area (Å²) < 4.78 is 12.1. The lowest BCUT2D eigenvalue weighted by molar-refractivity contribution is 0.296. The summed E-state index contributed by atoms with van der Waals surface area (Å²) in [5.41, 5.74) is 2.25. The van der Waals surface area contributed by atoms with Crippen LogP contribution in [0.2, 0.25) is 0 Å². The molecule has 0 saturated heterocycles. The summed E-state index contributed by atoms with van der Waals surface area (Å²) >= 11 is 3.42. The van der Waals surface area contributed by atoms with Crippen LogP contribution in [0.3, 0.4) is 0 Å². The fourth-order valence-corrected chi connectivity index (χ4v) is 2.12. The number of methoxy groups -OCH3 is 1. The van der Waals surface area contributed by atoms with Crippen LogP contribution < -0.4 is 9.47 Å². The Morgan fingerprint density at radius 3 is 2.67 bits per heavy atom. The van der Waals surface area contributed by atoms with Gasteiger partial charge in [-0.15, -0.1) is 0 Å². The molecule has 0 bridgehead atoms. The van der Waals surface area contributed by atoms with Crippen LogP contribution in [0.25, 0.3) is 0 Å². The third-order valence-corrected chi connectivity index (χ3v) is 3.12. The number of benzene rings is 2. The molecule has 94 valence electrons.